The quantitative estimate of drug-likeness (QED) is 0.276. The zero-order valence-electron chi connectivity index (χ0n) is 17.5. The van der Waals surface area contributed by atoms with Crippen molar-refractivity contribution >= 4 is 24.3 Å². The van der Waals surface area contributed by atoms with Crippen LogP contribution < -0.4 is 4.74 Å². The van der Waals surface area contributed by atoms with E-state index in [0.29, 0.717) is 17.1 Å². The number of hydrogen-bond donors (Lipinski definition) is 0. The van der Waals surface area contributed by atoms with Crippen molar-refractivity contribution in [2.75, 3.05) is 0 Å². The SMILES string of the molecule is Fc1ccc(C=Cc2cc(C=Cc3ccc(F)cc3)n(-c3ccc(OC(F)(F)F)cc3)n2)cc1. The van der Waals surface area contributed by atoms with Crippen LogP contribution in [0.4, 0.5) is 22.0 Å². The Hall–Kier alpha value is -4.20. The smallest absolute Gasteiger partial charge is 0.406 e. The van der Waals surface area contributed by atoms with E-state index in [0.717, 1.165) is 11.1 Å². The lowest BCUT2D eigenvalue weighted by Crippen LogP contribution is -2.17. The largest absolute Gasteiger partial charge is 0.573 e. The molecule has 0 N–H and O–H groups in total. The first kappa shape index (κ1) is 23.0. The van der Waals surface area contributed by atoms with Gasteiger partial charge in [-0.25, -0.2) is 13.5 Å². The van der Waals surface area contributed by atoms with Crippen LogP contribution in [0.25, 0.3) is 30.0 Å². The molecule has 0 atom stereocenters. The fraction of sp³-hybridized carbons (Fsp3) is 0.0385. The van der Waals surface area contributed by atoms with Crippen LogP contribution in [0, 0.1) is 11.6 Å². The van der Waals surface area contributed by atoms with E-state index in [-0.39, 0.29) is 17.4 Å². The second-order valence-corrected chi connectivity index (χ2v) is 7.22. The summed E-state index contributed by atoms with van der Waals surface area (Å²) in [6.07, 6.45) is 2.24. The summed E-state index contributed by atoms with van der Waals surface area (Å²) in [5, 5.41) is 4.53. The molecule has 0 aliphatic carbocycles. The molecule has 34 heavy (non-hydrogen) atoms. The Morgan fingerprint density at radius 1 is 0.676 bits per heavy atom. The average molecular weight is 468 g/mol. The van der Waals surface area contributed by atoms with E-state index in [4.69, 9.17) is 0 Å². The van der Waals surface area contributed by atoms with Crippen molar-refractivity contribution in [3.05, 3.63) is 113 Å². The number of hydrogen-bond acceptors (Lipinski definition) is 2. The molecule has 0 aliphatic heterocycles. The van der Waals surface area contributed by atoms with Crippen LogP contribution in [-0.2, 0) is 0 Å². The van der Waals surface area contributed by atoms with Gasteiger partial charge < -0.3 is 4.74 Å². The molecular weight excluding hydrogens is 451 g/mol. The lowest BCUT2D eigenvalue weighted by Gasteiger charge is -2.10. The predicted octanol–water partition coefficient (Wildman–Crippen LogP) is 7.39. The molecule has 1 heterocycles. The van der Waals surface area contributed by atoms with E-state index in [1.165, 1.54) is 48.5 Å². The van der Waals surface area contributed by atoms with Crippen molar-refractivity contribution in [2.24, 2.45) is 0 Å². The number of aromatic nitrogens is 2. The fourth-order valence-corrected chi connectivity index (χ4v) is 3.12. The van der Waals surface area contributed by atoms with Crippen LogP contribution in [0.15, 0.2) is 78.9 Å². The predicted molar refractivity (Wildman–Crippen MR) is 121 cm³/mol. The molecule has 172 valence electrons. The summed E-state index contributed by atoms with van der Waals surface area (Å²) in [5.41, 5.74) is 3.24. The van der Waals surface area contributed by atoms with Crippen molar-refractivity contribution in [2.45, 2.75) is 6.36 Å². The second-order valence-electron chi connectivity index (χ2n) is 7.22. The Kier molecular flexibility index (Phi) is 6.58. The molecule has 0 amide bonds. The minimum Gasteiger partial charge on any atom is -0.406 e. The summed E-state index contributed by atoms with van der Waals surface area (Å²) in [5.74, 6) is -1.03. The van der Waals surface area contributed by atoms with Gasteiger partial charge in [0.25, 0.3) is 0 Å². The summed E-state index contributed by atoms with van der Waals surface area (Å²) < 4.78 is 69.2. The normalized spacial score (nSPS) is 12.0. The highest BCUT2D eigenvalue weighted by Crippen LogP contribution is 2.25. The molecule has 0 fully saturated rings. The first-order chi connectivity index (χ1) is 16.2. The van der Waals surface area contributed by atoms with E-state index in [1.807, 2.05) is 0 Å². The molecule has 4 aromatic rings. The van der Waals surface area contributed by atoms with Gasteiger partial charge in [-0.3, -0.25) is 0 Å². The Bertz CT molecular complexity index is 1300. The van der Waals surface area contributed by atoms with Crippen LogP contribution in [0.1, 0.15) is 22.5 Å². The standard InChI is InChI=1S/C26H17F5N2O/c27-20-7-1-18(2-8-20)5-11-22-17-24(12-6-19-3-9-21(28)10-4-19)33(32-22)23-13-15-25(16-14-23)34-26(29,30)31/h1-17H. The maximum atomic E-state index is 13.2. The molecule has 0 bridgehead atoms. The molecule has 3 aromatic carbocycles. The van der Waals surface area contributed by atoms with Crippen LogP contribution >= 0.6 is 0 Å². The fourth-order valence-electron chi connectivity index (χ4n) is 3.12. The van der Waals surface area contributed by atoms with Crippen LogP contribution in [-0.4, -0.2) is 16.1 Å². The minimum atomic E-state index is -4.78. The maximum Gasteiger partial charge on any atom is 0.573 e. The van der Waals surface area contributed by atoms with Gasteiger partial charge in [-0.2, -0.15) is 5.10 Å². The summed E-state index contributed by atoms with van der Waals surface area (Å²) in [7, 11) is 0. The molecular formula is C26H17F5N2O. The number of nitrogens with zero attached hydrogens (tertiary/aromatic N) is 2. The molecule has 0 saturated carbocycles. The van der Waals surface area contributed by atoms with Crippen molar-refractivity contribution in [1.29, 1.82) is 0 Å². The third-order valence-corrected chi connectivity index (χ3v) is 4.70. The Morgan fingerprint density at radius 2 is 1.21 bits per heavy atom. The topological polar surface area (TPSA) is 27.1 Å². The highest BCUT2D eigenvalue weighted by molar-refractivity contribution is 5.73. The molecule has 8 heteroatoms. The molecule has 0 saturated heterocycles. The maximum absolute atomic E-state index is 13.2. The van der Waals surface area contributed by atoms with Gasteiger partial charge in [-0.15, -0.1) is 13.2 Å². The number of ether oxygens (including phenoxy) is 1. The second kappa shape index (κ2) is 9.74. The van der Waals surface area contributed by atoms with Gasteiger partial charge in [-0.05, 0) is 77.9 Å². The van der Waals surface area contributed by atoms with Crippen LogP contribution in [0.3, 0.4) is 0 Å². The number of benzene rings is 3. The third kappa shape index (κ3) is 6.19. The van der Waals surface area contributed by atoms with Gasteiger partial charge in [-0.1, -0.05) is 36.4 Å². The third-order valence-electron chi connectivity index (χ3n) is 4.70. The van der Waals surface area contributed by atoms with Crippen molar-refractivity contribution in [3.63, 3.8) is 0 Å². The van der Waals surface area contributed by atoms with Gasteiger partial charge in [0.2, 0.25) is 0 Å². The average Bonchev–Trinajstić information content (AvgIpc) is 3.21. The van der Waals surface area contributed by atoms with E-state index in [9.17, 15) is 22.0 Å². The van der Waals surface area contributed by atoms with E-state index in [1.54, 1.807) is 59.3 Å². The van der Waals surface area contributed by atoms with Gasteiger partial charge in [0.1, 0.15) is 17.4 Å². The summed E-state index contributed by atoms with van der Waals surface area (Å²) in [4.78, 5) is 0. The van der Waals surface area contributed by atoms with Crippen molar-refractivity contribution in [1.82, 2.24) is 9.78 Å². The molecule has 0 spiro atoms. The lowest BCUT2D eigenvalue weighted by molar-refractivity contribution is -0.274. The van der Waals surface area contributed by atoms with E-state index < -0.39 is 6.36 Å². The highest BCUT2D eigenvalue weighted by atomic mass is 19.4. The minimum absolute atomic E-state index is 0.340. The molecule has 1 aromatic heterocycles. The van der Waals surface area contributed by atoms with Gasteiger partial charge >= 0.3 is 6.36 Å². The van der Waals surface area contributed by atoms with E-state index >= 15 is 0 Å². The monoisotopic (exact) mass is 468 g/mol. The van der Waals surface area contributed by atoms with Crippen LogP contribution in [0.5, 0.6) is 5.75 Å². The van der Waals surface area contributed by atoms with Crippen molar-refractivity contribution < 1.29 is 26.7 Å². The first-order valence-corrected chi connectivity index (χ1v) is 10.1. The van der Waals surface area contributed by atoms with Crippen LogP contribution in [0.2, 0.25) is 0 Å². The Morgan fingerprint density at radius 3 is 1.74 bits per heavy atom. The highest BCUT2D eigenvalue weighted by Gasteiger charge is 2.31. The van der Waals surface area contributed by atoms with Gasteiger partial charge in [0, 0.05) is 0 Å². The molecule has 4 rings (SSSR count). The van der Waals surface area contributed by atoms with Gasteiger partial charge in [0.05, 0.1) is 17.1 Å². The lowest BCUT2D eigenvalue weighted by atomic mass is 10.2. The molecule has 0 aliphatic rings. The summed E-state index contributed by atoms with van der Waals surface area (Å²) in [6, 6.07) is 18.9. The van der Waals surface area contributed by atoms with Crippen molar-refractivity contribution in [3.8, 4) is 11.4 Å². The zero-order valence-corrected chi connectivity index (χ0v) is 17.5. The first-order valence-electron chi connectivity index (χ1n) is 10.1. The number of halogens is 5. The number of rotatable bonds is 6. The van der Waals surface area contributed by atoms with E-state index in [2.05, 4.69) is 9.84 Å². The van der Waals surface area contributed by atoms with Gasteiger partial charge in [0.15, 0.2) is 0 Å². The Balaban J connectivity index is 1.66. The Labute approximate surface area is 192 Å². The molecule has 0 unspecified atom stereocenters. The summed E-state index contributed by atoms with van der Waals surface area (Å²) in [6.45, 7) is 0. The summed E-state index contributed by atoms with van der Waals surface area (Å²) >= 11 is 0. The zero-order chi connectivity index (χ0) is 24.1. The molecule has 3 nitrogen and oxygen atoms in total. The molecule has 0 radical (unpaired) electrons. The number of alkyl halides is 3.